The molecule has 90 valence electrons. The summed E-state index contributed by atoms with van der Waals surface area (Å²) in [6.07, 6.45) is 1.07. The van der Waals surface area contributed by atoms with Crippen molar-refractivity contribution in [1.82, 2.24) is 9.97 Å². The Labute approximate surface area is 99.1 Å². The van der Waals surface area contributed by atoms with E-state index in [0.717, 1.165) is 6.26 Å². The summed E-state index contributed by atoms with van der Waals surface area (Å²) in [5, 5.41) is 2.81. The molecule has 2 N–H and O–H groups in total. The fourth-order valence-corrected chi connectivity index (χ4v) is 1.91. The highest BCUT2D eigenvalue weighted by molar-refractivity contribution is 7.92. The number of anilines is 2. The van der Waals surface area contributed by atoms with Crippen molar-refractivity contribution in [3.05, 3.63) is 24.3 Å². The number of nitrogens with zero attached hydrogens (tertiary/aromatic N) is 2. The van der Waals surface area contributed by atoms with E-state index in [9.17, 15) is 8.42 Å². The molecular formula is C10H12N4O2S. The Hall–Kier alpha value is -1.89. The largest absolute Gasteiger partial charge is 0.370 e. The number of rotatable bonds is 3. The van der Waals surface area contributed by atoms with Crippen molar-refractivity contribution < 1.29 is 8.42 Å². The highest BCUT2D eigenvalue weighted by Gasteiger charge is 2.11. The quantitative estimate of drug-likeness (QED) is 0.852. The van der Waals surface area contributed by atoms with Crippen LogP contribution in [0.3, 0.4) is 0 Å². The van der Waals surface area contributed by atoms with E-state index in [1.54, 1.807) is 13.1 Å². The van der Waals surface area contributed by atoms with E-state index in [1.165, 1.54) is 0 Å². The number of hydrogen-bond acceptors (Lipinski definition) is 5. The zero-order valence-corrected chi connectivity index (χ0v) is 10.2. The second-order valence-corrected chi connectivity index (χ2v) is 5.28. The Kier molecular flexibility index (Phi) is 2.84. The molecule has 6 nitrogen and oxygen atoms in total. The van der Waals surface area contributed by atoms with E-state index in [0.29, 0.717) is 16.9 Å². The molecule has 0 bridgehead atoms. The summed E-state index contributed by atoms with van der Waals surface area (Å²) in [7, 11) is -1.71. The molecule has 2 rings (SSSR count). The van der Waals surface area contributed by atoms with Crippen LogP contribution in [0, 0.1) is 0 Å². The second-order valence-electron chi connectivity index (χ2n) is 3.53. The Morgan fingerprint density at radius 1 is 1.06 bits per heavy atom. The van der Waals surface area contributed by atoms with Gasteiger partial charge in [0.2, 0.25) is 10.0 Å². The molecule has 0 radical (unpaired) electrons. The molecule has 7 heteroatoms. The molecule has 2 aromatic rings. The maximum atomic E-state index is 11.2. The van der Waals surface area contributed by atoms with Gasteiger partial charge in [-0.1, -0.05) is 12.1 Å². The first kappa shape index (κ1) is 11.6. The van der Waals surface area contributed by atoms with Gasteiger partial charge in [0.05, 0.1) is 17.3 Å². The number of sulfonamides is 1. The van der Waals surface area contributed by atoms with Crippen LogP contribution < -0.4 is 10.0 Å². The average Bonchev–Trinajstić information content (AvgIpc) is 2.26. The van der Waals surface area contributed by atoms with Crippen LogP contribution in [-0.2, 0) is 10.0 Å². The van der Waals surface area contributed by atoms with Crippen molar-refractivity contribution in [2.45, 2.75) is 0 Å². The van der Waals surface area contributed by atoms with Gasteiger partial charge in [-0.05, 0) is 12.1 Å². The van der Waals surface area contributed by atoms with Crippen molar-refractivity contribution in [3.8, 4) is 0 Å². The maximum Gasteiger partial charge on any atom is 0.231 e. The number of hydrogen-bond donors (Lipinski definition) is 2. The molecule has 1 aromatic carbocycles. The summed E-state index contributed by atoms with van der Waals surface area (Å²) in [6, 6.07) is 7.25. The standard InChI is InChI=1S/C10H12N4O2S/c1-11-9-10(14-17(2,15)16)13-8-6-4-3-5-7(8)12-9/h3-6H,1-2H3,(H,11,12)(H,13,14). The third kappa shape index (κ3) is 2.62. The van der Waals surface area contributed by atoms with Crippen molar-refractivity contribution in [3.63, 3.8) is 0 Å². The molecule has 0 aliphatic heterocycles. The summed E-state index contributed by atoms with van der Waals surface area (Å²) in [5.41, 5.74) is 1.34. The molecule has 0 aliphatic carbocycles. The zero-order chi connectivity index (χ0) is 12.5. The van der Waals surface area contributed by atoms with Crippen LogP contribution in [0.1, 0.15) is 0 Å². The third-order valence-electron chi connectivity index (χ3n) is 2.09. The number of para-hydroxylation sites is 2. The first-order valence-corrected chi connectivity index (χ1v) is 6.81. The zero-order valence-electron chi connectivity index (χ0n) is 9.43. The summed E-state index contributed by atoms with van der Waals surface area (Å²) < 4.78 is 24.7. The van der Waals surface area contributed by atoms with Crippen LogP contribution in [-0.4, -0.2) is 31.7 Å². The van der Waals surface area contributed by atoms with Gasteiger partial charge < -0.3 is 5.32 Å². The molecule has 1 heterocycles. The third-order valence-corrected chi connectivity index (χ3v) is 2.65. The van der Waals surface area contributed by atoms with Gasteiger partial charge in [0, 0.05) is 7.05 Å². The molecule has 0 saturated heterocycles. The number of benzene rings is 1. The van der Waals surface area contributed by atoms with Crippen molar-refractivity contribution in [2.75, 3.05) is 23.3 Å². The molecule has 0 aliphatic rings. The predicted molar refractivity (Wildman–Crippen MR) is 67.6 cm³/mol. The van der Waals surface area contributed by atoms with Crippen LogP contribution in [0.15, 0.2) is 24.3 Å². The number of fused-ring (bicyclic) bond motifs is 1. The summed E-state index contributed by atoms with van der Waals surface area (Å²) in [4.78, 5) is 8.49. The molecule has 1 aromatic heterocycles. The topological polar surface area (TPSA) is 84.0 Å². The van der Waals surface area contributed by atoms with Crippen LogP contribution in [0.5, 0.6) is 0 Å². The molecule has 0 saturated carbocycles. The lowest BCUT2D eigenvalue weighted by Crippen LogP contribution is -2.13. The van der Waals surface area contributed by atoms with Crippen molar-refractivity contribution in [1.29, 1.82) is 0 Å². The Bertz CT molecular complexity index is 654. The van der Waals surface area contributed by atoms with E-state index in [4.69, 9.17) is 0 Å². The van der Waals surface area contributed by atoms with Gasteiger partial charge in [-0.15, -0.1) is 0 Å². The van der Waals surface area contributed by atoms with E-state index in [2.05, 4.69) is 20.0 Å². The van der Waals surface area contributed by atoms with E-state index in [1.807, 2.05) is 18.2 Å². The fraction of sp³-hybridized carbons (Fsp3) is 0.200. The first-order chi connectivity index (χ1) is 7.99. The van der Waals surface area contributed by atoms with Crippen LogP contribution >= 0.6 is 0 Å². The van der Waals surface area contributed by atoms with Gasteiger partial charge >= 0.3 is 0 Å². The van der Waals surface area contributed by atoms with E-state index >= 15 is 0 Å². The van der Waals surface area contributed by atoms with E-state index < -0.39 is 10.0 Å². The van der Waals surface area contributed by atoms with Crippen molar-refractivity contribution in [2.24, 2.45) is 0 Å². The predicted octanol–water partition coefficient (Wildman–Crippen LogP) is 1.04. The molecule has 0 atom stereocenters. The maximum absolute atomic E-state index is 11.2. The molecule has 0 fully saturated rings. The van der Waals surface area contributed by atoms with Gasteiger partial charge in [0.1, 0.15) is 0 Å². The smallest absolute Gasteiger partial charge is 0.231 e. The summed E-state index contributed by atoms with van der Waals surface area (Å²) in [5.74, 6) is 0.600. The highest BCUT2D eigenvalue weighted by atomic mass is 32.2. The van der Waals surface area contributed by atoms with Gasteiger partial charge in [-0.3, -0.25) is 4.72 Å². The van der Waals surface area contributed by atoms with Crippen LogP contribution in [0.25, 0.3) is 11.0 Å². The molecular weight excluding hydrogens is 240 g/mol. The summed E-state index contributed by atoms with van der Waals surface area (Å²) in [6.45, 7) is 0. The lowest BCUT2D eigenvalue weighted by molar-refractivity contribution is 0.606. The van der Waals surface area contributed by atoms with Crippen LogP contribution in [0.2, 0.25) is 0 Å². The molecule has 0 spiro atoms. The Morgan fingerprint density at radius 3 is 2.06 bits per heavy atom. The van der Waals surface area contributed by atoms with Gasteiger partial charge in [0.25, 0.3) is 0 Å². The molecule has 0 amide bonds. The minimum atomic E-state index is -3.37. The van der Waals surface area contributed by atoms with Crippen LogP contribution in [0.4, 0.5) is 11.6 Å². The van der Waals surface area contributed by atoms with Gasteiger partial charge in [-0.25, -0.2) is 18.4 Å². The van der Waals surface area contributed by atoms with Gasteiger partial charge in [-0.2, -0.15) is 0 Å². The van der Waals surface area contributed by atoms with Crippen molar-refractivity contribution >= 4 is 32.7 Å². The van der Waals surface area contributed by atoms with Gasteiger partial charge in [0.15, 0.2) is 11.6 Å². The number of aromatic nitrogens is 2. The monoisotopic (exact) mass is 252 g/mol. The second kappa shape index (κ2) is 4.17. The fourth-order valence-electron chi connectivity index (χ4n) is 1.42. The summed E-state index contributed by atoms with van der Waals surface area (Å²) >= 11 is 0. The lowest BCUT2D eigenvalue weighted by atomic mass is 10.3. The molecule has 0 unspecified atom stereocenters. The Balaban J connectivity index is 2.61. The average molecular weight is 252 g/mol. The van der Waals surface area contributed by atoms with E-state index in [-0.39, 0.29) is 5.82 Å². The Morgan fingerprint density at radius 2 is 1.59 bits per heavy atom. The minimum Gasteiger partial charge on any atom is -0.370 e. The lowest BCUT2D eigenvalue weighted by Gasteiger charge is -2.09. The minimum absolute atomic E-state index is 0.203. The first-order valence-electron chi connectivity index (χ1n) is 4.92. The number of nitrogens with one attached hydrogen (secondary N) is 2. The molecule has 17 heavy (non-hydrogen) atoms. The highest BCUT2D eigenvalue weighted by Crippen LogP contribution is 2.21. The SMILES string of the molecule is CNc1nc2ccccc2nc1NS(C)(=O)=O. The normalized spacial score (nSPS) is 11.4.